The van der Waals surface area contributed by atoms with Crippen molar-refractivity contribution in [2.45, 2.75) is 20.0 Å². The fraction of sp³-hybridized carbons (Fsp3) is 0.211. The lowest BCUT2D eigenvalue weighted by molar-refractivity contribution is 0.0945. The number of hydrogen-bond acceptors (Lipinski definition) is 7. The molecule has 27 heavy (non-hydrogen) atoms. The summed E-state index contributed by atoms with van der Waals surface area (Å²) in [5, 5.41) is 5.92. The molecule has 1 amide bonds. The van der Waals surface area contributed by atoms with Crippen LogP contribution in [0.2, 0.25) is 0 Å². The number of rotatable bonds is 6. The first-order chi connectivity index (χ1) is 13.2. The lowest BCUT2D eigenvalue weighted by atomic mass is 10.2. The van der Waals surface area contributed by atoms with Gasteiger partial charge in [-0.1, -0.05) is 6.07 Å². The van der Waals surface area contributed by atoms with Crippen LogP contribution in [0.3, 0.4) is 0 Å². The standard InChI is InChI=1S/C19H18N4O4/c1-12-7-15(23-19(22-12)21-10-14-3-2-6-25-14)18(24)20-9-13-4-5-16-17(8-13)27-11-26-16/h2-8H,9-11H2,1H3,(H,20,24)(H,21,22,23). The number of nitrogens with one attached hydrogen (secondary N) is 2. The summed E-state index contributed by atoms with van der Waals surface area (Å²) in [7, 11) is 0. The average molecular weight is 366 g/mol. The minimum Gasteiger partial charge on any atom is -0.467 e. The number of benzene rings is 1. The van der Waals surface area contributed by atoms with Crippen LogP contribution in [-0.2, 0) is 13.1 Å². The minimum atomic E-state index is -0.279. The maximum Gasteiger partial charge on any atom is 0.270 e. The predicted octanol–water partition coefficient (Wildman–Crippen LogP) is 2.65. The number of fused-ring (bicyclic) bond motifs is 1. The normalized spacial score (nSPS) is 12.0. The van der Waals surface area contributed by atoms with Gasteiger partial charge < -0.3 is 24.5 Å². The molecule has 3 aromatic rings. The van der Waals surface area contributed by atoms with E-state index in [4.69, 9.17) is 13.9 Å². The van der Waals surface area contributed by atoms with Crippen LogP contribution in [0.1, 0.15) is 27.5 Å². The Balaban J connectivity index is 1.40. The van der Waals surface area contributed by atoms with Crippen LogP contribution in [0.25, 0.3) is 0 Å². The summed E-state index contributed by atoms with van der Waals surface area (Å²) in [6.07, 6.45) is 1.60. The molecule has 0 aliphatic carbocycles. The highest BCUT2D eigenvalue weighted by atomic mass is 16.7. The molecule has 8 nitrogen and oxygen atoms in total. The van der Waals surface area contributed by atoms with E-state index >= 15 is 0 Å². The molecule has 1 aromatic carbocycles. The third kappa shape index (κ3) is 4.00. The lowest BCUT2D eigenvalue weighted by Gasteiger charge is -2.09. The second-order valence-corrected chi connectivity index (χ2v) is 6.02. The number of hydrogen-bond donors (Lipinski definition) is 2. The van der Waals surface area contributed by atoms with Crippen molar-refractivity contribution in [1.82, 2.24) is 15.3 Å². The minimum absolute atomic E-state index is 0.221. The van der Waals surface area contributed by atoms with Gasteiger partial charge in [0.2, 0.25) is 12.7 Å². The van der Waals surface area contributed by atoms with Crippen LogP contribution in [-0.4, -0.2) is 22.7 Å². The molecule has 0 spiro atoms. The van der Waals surface area contributed by atoms with Crippen molar-refractivity contribution in [3.8, 4) is 11.5 Å². The Morgan fingerprint density at radius 1 is 1.11 bits per heavy atom. The number of ether oxygens (including phenoxy) is 2. The first kappa shape index (κ1) is 16.9. The summed E-state index contributed by atoms with van der Waals surface area (Å²) in [5.41, 5.74) is 1.90. The molecule has 2 N–H and O–H groups in total. The molecule has 1 aliphatic heterocycles. The Hall–Kier alpha value is -3.55. The fourth-order valence-electron chi connectivity index (χ4n) is 2.67. The summed E-state index contributed by atoms with van der Waals surface area (Å²) >= 11 is 0. The van der Waals surface area contributed by atoms with E-state index < -0.39 is 0 Å². The van der Waals surface area contributed by atoms with Crippen LogP contribution in [0.5, 0.6) is 11.5 Å². The molecule has 0 fully saturated rings. The van der Waals surface area contributed by atoms with Crippen molar-refractivity contribution in [3.05, 3.63) is 65.4 Å². The molecule has 8 heteroatoms. The van der Waals surface area contributed by atoms with Crippen molar-refractivity contribution in [2.75, 3.05) is 12.1 Å². The number of nitrogens with zero attached hydrogens (tertiary/aromatic N) is 2. The summed E-state index contributed by atoms with van der Waals surface area (Å²) in [5.74, 6) is 2.25. The van der Waals surface area contributed by atoms with Gasteiger partial charge in [0.15, 0.2) is 11.5 Å². The zero-order valence-electron chi connectivity index (χ0n) is 14.7. The van der Waals surface area contributed by atoms with Crippen LogP contribution >= 0.6 is 0 Å². The molecule has 0 radical (unpaired) electrons. The number of aryl methyl sites for hydroxylation is 1. The highest BCUT2D eigenvalue weighted by Gasteiger charge is 2.15. The molecule has 0 atom stereocenters. The topological polar surface area (TPSA) is 98.5 Å². The third-order valence-electron chi connectivity index (χ3n) is 3.98. The zero-order chi connectivity index (χ0) is 18.6. The Labute approximate surface area is 155 Å². The summed E-state index contributed by atoms with van der Waals surface area (Å²) in [6, 6.07) is 10.9. The van der Waals surface area contributed by atoms with E-state index in [9.17, 15) is 4.79 Å². The highest BCUT2D eigenvalue weighted by Crippen LogP contribution is 2.32. The predicted molar refractivity (Wildman–Crippen MR) is 96.5 cm³/mol. The van der Waals surface area contributed by atoms with Gasteiger partial charge in [-0.05, 0) is 42.8 Å². The van der Waals surface area contributed by atoms with Crippen molar-refractivity contribution in [2.24, 2.45) is 0 Å². The van der Waals surface area contributed by atoms with E-state index in [1.165, 1.54) is 0 Å². The van der Waals surface area contributed by atoms with Crippen LogP contribution < -0.4 is 20.1 Å². The second kappa shape index (κ2) is 7.36. The molecular formula is C19H18N4O4. The van der Waals surface area contributed by atoms with Crippen molar-refractivity contribution >= 4 is 11.9 Å². The molecule has 0 unspecified atom stereocenters. The molecule has 0 bridgehead atoms. The fourth-order valence-corrected chi connectivity index (χ4v) is 2.67. The summed E-state index contributed by atoms with van der Waals surface area (Å²) in [4.78, 5) is 21.1. The van der Waals surface area contributed by atoms with Crippen molar-refractivity contribution in [3.63, 3.8) is 0 Å². The second-order valence-electron chi connectivity index (χ2n) is 6.02. The first-order valence-electron chi connectivity index (χ1n) is 8.46. The average Bonchev–Trinajstić information content (AvgIpc) is 3.35. The zero-order valence-corrected chi connectivity index (χ0v) is 14.7. The van der Waals surface area contributed by atoms with Gasteiger partial charge in [0.25, 0.3) is 5.91 Å². The smallest absolute Gasteiger partial charge is 0.270 e. The van der Waals surface area contributed by atoms with E-state index in [2.05, 4.69) is 20.6 Å². The highest BCUT2D eigenvalue weighted by molar-refractivity contribution is 5.92. The Kier molecular flexibility index (Phi) is 4.61. The summed E-state index contributed by atoms with van der Waals surface area (Å²) in [6.45, 7) is 2.83. The maximum atomic E-state index is 12.5. The molecular weight excluding hydrogens is 348 g/mol. The van der Waals surface area contributed by atoms with Crippen LogP contribution in [0, 0.1) is 6.92 Å². The van der Waals surface area contributed by atoms with E-state index in [-0.39, 0.29) is 12.7 Å². The van der Waals surface area contributed by atoms with Gasteiger partial charge in [-0.3, -0.25) is 4.79 Å². The number of amides is 1. The van der Waals surface area contributed by atoms with E-state index in [1.54, 1.807) is 12.3 Å². The maximum absolute atomic E-state index is 12.5. The SMILES string of the molecule is Cc1cc(C(=O)NCc2ccc3c(c2)OCO3)nc(NCc2ccco2)n1. The molecule has 138 valence electrons. The number of aromatic nitrogens is 2. The van der Waals surface area contributed by atoms with Gasteiger partial charge in [-0.2, -0.15) is 0 Å². The Morgan fingerprint density at radius 3 is 2.85 bits per heavy atom. The van der Waals surface area contributed by atoms with Gasteiger partial charge in [-0.25, -0.2) is 9.97 Å². The van der Waals surface area contributed by atoms with Gasteiger partial charge >= 0.3 is 0 Å². The number of furan rings is 1. The summed E-state index contributed by atoms with van der Waals surface area (Å²) < 4.78 is 15.9. The molecule has 1 aliphatic rings. The van der Waals surface area contributed by atoms with Crippen LogP contribution in [0.4, 0.5) is 5.95 Å². The van der Waals surface area contributed by atoms with Crippen molar-refractivity contribution in [1.29, 1.82) is 0 Å². The number of anilines is 1. The molecule has 2 aromatic heterocycles. The largest absolute Gasteiger partial charge is 0.467 e. The third-order valence-corrected chi connectivity index (χ3v) is 3.98. The first-order valence-corrected chi connectivity index (χ1v) is 8.46. The number of carbonyl (C=O) groups excluding carboxylic acids is 1. The van der Waals surface area contributed by atoms with Crippen molar-refractivity contribution < 1.29 is 18.7 Å². The molecule has 4 rings (SSSR count). The number of carbonyl (C=O) groups is 1. The Morgan fingerprint density at radius 2 is 2.00 bits per heavy atom. The van der Waals surface area contributed by atoms with Crippen LogP contribution in [0.15, 0.2) is 47.1 Å². The molecule has 3 heterocycles. The Bertz CT molecular complexity index is 956. The van der Waals surface area contributed by atoms with Gasteiger partial charge in [0.05, 0.1) is 12.8 Å². The van der Waals surface area contributed by atoms with E-state index in [0.717, 1.165) is 11.3 Å². The van der Waals surface area contributed by atoms with Gasteiger partial charge in [0.1, 0.15) is 11.5 Å². The lowest BCUT2D eigenvalue weighted by Crippen LogP contribution is -2.24. The van der Waals surface area contributed by atoms with Gasteiger partial charge in [-0.15, -0.1) is 0 Å². The van der Waals surface area contributed by atoms with E-state index in [1.807, 2.05) is 37.3 Å². The monoisotopic (exact) mass is 366 g/mol. The molecule has 0 saturated carbocycles. The molecule has 0 saturated heterocycles. The van der Waals surface area contributed by atoms with Gasteiger partial charge in [0, 0.05) is 12.2 Å². The quantitative estimate of drug-likeness (QED) is 0.692. The van der Waals surface area contributed by atoms with E-state index in [0.29, 0.717) is 41.9 Å².